The van der Waals surface area contributed by atoms with Crippen LogP contribution in [-0.2, 0) is 4.74 Å². The zero-order chi connectivity index (χ0) is 17.1. The quantitative estimate of drug-likeness (QED) is 0.815. The van der Waals surface area contributed by atoms with Crippen LogP contribution >= 0.6 is 0 Å². The minimum Gasteiger partial charge on any atom is -0.389 e. The summed E-state index contributed by atoms with van der Waals surface area (Å²) in [6.45, 7) is 2.71. The Bertz CT molecular complexity index is 746. The van der Waals surface area contributed by atoms with E-state index in [2.05, 4.69) is 10.3 Å². The number of aliphatic hydroxyl groups excluding tert-OH is 1. The lowest BCUT2D eigenvalue weighted by atomic mass is 10.1. The third-order valence-corrected chi connectivity index (χ3v) is 4.07. The molecule has 1 aromatic carbocycles. The molecular formula is C18H21FN2O3. The van der Waals surface area contributed by atoms with Gasteiger partial charge in [0.25, 0.3) is 5.91 Å². The van der Waals surface area contributed by atoms with E-state index in [9.17, 15) is 14.3 Å². The van der Waals surface area contributed by atoms with Gasteiger partial charge in [-0.25, -0.2) is 4.39 Å². The van der Waals surface area contributed by atoms with E-state index < -0.39 is 6.10 Å². The zero-order valence-corrected chi connectivity index (χ0v) is 13.6. The van der Waals surface area contributed by atoms with Gasteiger partial charge in [-0.1, -0.05) is 0 Å². The van der Waals surface area contributed by atoms with Crippen molar-refractivity contribution in [3.63, 3.8) is 0 Å². The Morgan fingerprint density at radius 3 is 3.00 bits per heavy atom. The Balaban J connectivity index is 1.58. The number of amides is 1. The van der Waals surface area contributed by atoms with Crippen LogP contribution in [0, 0.1) is 18.7 Å². The van der Waals surface area contributed by atoms with Gasteiger partial charge in [0.05, 0.1) is 29.5 Å². The molecule has 1 fully saturated rings. The number of aryl methyl sites for hydroxylation is 1. The predicted octanol–water partition coefficient (Wildman–Crippen LogP) is 2.20. The number of fused-ring (bicyclic) bond motifs is 1. The number of aliphatic hydroxyl groups is 1. The van der Waals surface area contributed by atoms with Crippen molar-refractivity contribution in [1.82, 2.24) is 10.3 Å². The van der Waals surface area contributed by atoms with Crippen LogP contribution in [0.4, 0.5) is 4.39 Å². The number of hydrogen-bond acceptors (Lipinski definition) is 4. The molecule has 0 aliphatic heterocycles. The first kappa shape index (κ1) is 16.8. The van der Waals surface area contributed by atoms with Crippen LogP contribution in [0.2, 0.25) is 0 Å². The number of rotatable bonds is 7. The Morgan fingerprint density at radius 2 is 2.25 bits per heavy atom. The number of hydrogen-bond donors (Lipinski definition) is 2. The Kier molecular flexibility index (Phi) is 5.06. The van der Waals surface area contributed by atoms with Crippen LogP contribution in [0.15, 0.2) is 24.3 Å². The molecule has 1 aliphatic rings. The van der Waals surface area contributed by atoms with Gasteiger partial charge in [-0.3, -0.25) is 9.78 Å². The van der Waals surface area contributed by atoms with Crippen LogP contribution in [0.3, 0.4) is 0 Å². The van der Waals surface area contributed by atoms with Gasteiger partial charge in [-0.15, -0.1) is 0 Å². The topological polar surface area (TPSA) is 71.5 Å². The average molecular weight is 332 g/mol. The number of ether oxygens (including phenoxy) is 1. The highest BCUT2D eigenvalue weighted by atomic mass is 19.1. The Morgan fingerprint density at radius 1 is 1.46 bits per heavy atom. The summed E-state index contributed by atoms with van der Waals surface area (Å²) in [7, 11) is 0. The summed E-state index contributed by atoms with van der Waals surface area (Å²) in [6.07, 6.45) is 1.66. The van der Waals surface area contributed by atoms with Gasteiger partial charge in [0.15, 0.2) is 0 Å². The highest BCUT2D eigenvalue weighted by Crippen LogP contribution is 2.28. The molecule has 1 saturated carbocycles. The van der Waals surface area contributed by atoms with Crippen LogP contribution in [0.5, 0.6) is 0 Å². The fourth-order valence-electron chi connectivity index (χ4n) is 2.49. The molecular weight excluding hydrogens is 311 g/mol. The van der Waals surface area contributed by atoms with E-state index in [1.807, 2.05) is 0 Å². The lowest BCUT2D eigenvalue weighted by Crippen LogP contribution is -2.35. The number of halogens is 1. The highest BCUT2D eigenvalue weighted by molar-refractivity contribution is 5.98. The standard InChI is InChI=1S/C18H21FN2O3/c1-11-16(6-13-4-5-14(19)7-17(13)21-11)18(23)20-8-15(22)10-24-9-12-2-3-12/h4-7,12,15,22H,2-3,8-10H2,1H3,(H,20,23). The van der Waals surface area contributed by atoms with Crippen molar-refractivity contribution in [3.8, 4) is 0 Å². The second kappa shape index (κ2) is 7.23. The van der Waals surface area contributed by atoms with Crippen molar-refractivity contribution < 1.29 is 19.0 Å². The van der Waals surface area contributed by atoms with Crippen molar-refractivity contribution in [3.05, 3.63) is 41.3 Å². The SMILES string of the molecule is Cc1nc2cc(F)ccc2cc1C(=O)NCC(O)COCC1CC1. The van der Waals surface area contributed by atoms with E-state index in [0.717, 1.165) is 0 Å². The molecule has 1 aromatic heterocycles. The molecule has 1 amide bonds. The van der Waals surface area contributed by atoms with E-state index in [4.69, 9.17) is 4.74 Å². The molecule has 128 valence electrons. The van der Waals surface area contributed by atoms with Crippen molar-refractivity contribution >= 4 is 16.8 Å². The van der Waals surface area contributed by atoms with Crippen molar-refractivity contribution in [1.29, 1.82) is 0 Å². The van der Waals surface area contributed by atoms with Crippen LogP contribution in [0.25, 0.3) is 10.9 Å². The lowest BCUT2D eigenvalue weighted by molar-refractivity contribution is 0.0320. The van der Waals surface area contributed by atoms with Crippen LogP contribution < -0.4 is 5.32 Å². The third kappa shape index (κ3) is 4.27. The maximum Gasteiger partial charge on any atom is 0.253 e. The monoisotopic (exact) mass is 332 g/mol. The molecule has 24 heavy (non-hydrogen) atoms. The van der Waals surface area contributed by atoms with Crippen molar-refractivity contribution in [2.75, 3.05) is 19.8 Å². The molecule has 1 atom stereocenters. The van der Waals surface area contributed by atoms with E-state index in [1.54, 1.807) is 19.1 Å². The maximum absolute atomic E-state index is 13.2. The molecule has 1 heterocycles. The van der Waals surface area contributed by atoms with Gasteiger partial charge in [0.1, 0.15) is 5.82 Å². The summed E-state index contributed by atoms with van der Waals surface area (Å²) >= 11 is 0. The van der Waals surface area contributed by atoms with Gasteiger partial charge < -0.3 is 15.2 Å². The number of carbonyl (C=O) groups excluding carboxylic acids is 1. The van der Waals surface area contributed by atoms with Crippen molar-refractivity contribution in [2.24, 2.45) is 5.92 Å². The van der Waals surface area contributed by atoms with Gasteiger partial charge in [0, 0.05) is 24.6 Å². The van der Waals surface area contributed by atoms with E-state index in [1.165, 1.54) is 25.0 Å². The normalized spacial score (nSPS) is 15.5. The van der Waals surface area contributed by atoms with Gasteiger partial charge in [-0.2, -0.15) is 0 Å². The van der Waals surface area contributed by atoms with Crippen LogP contribution in [-0.4, -0.2) is 41.9 Å². The summed E-state index contributed by atoms with van der Waals surface area (Å²) in [5.41, 5.74) is 1.45. The second-order valence-corrected chi connectivity index (χ2v) is 6.30. The van der Waals surface area contributed by atoms with E-state index in [-0.39, 0.29) is 24.9 Å². The molecule has 0 radical (unpaired) electrons. The van der Waals surface area contributed by atoms with E-state index >= 15 is 0 Å². The number of aromatic nitrogens is 1. The third-order valence-electron chi connectivity index (χ3n) is 4.07. The number of benzene rings is 1. The zero-order valence-electron chi connectivity index (χ0n) is 13.6. The minimum atomic E-state index is -0.740. The summed E-state index contributed by atoms with van der Waals surface area (Å²) in [5, 5.41) is 13.2. The Hall–Kier alpha value is -2.05. The number of nitrogens with one attached hydrogen (secondary N) is 1. The van der Waals surface area contributed by atoms with E-state index in [0.29, 0.717) is 34.7 Å². The largest absolute Gasteiger partial charge is 0.389 e. The molecule has 0 spiro atoms. The average Bonchev–Trinajstić information content (AvgIpc) is 3.36. The summed E-state index contributed by atoms with van der Waals surface area (Å²) in [5.74, 6) is -0.0312. The molecule has 5 nitrogen and oxygen atoms in total. The lowest BCUT2D eigenvalue weighted by Gasteiger charge is -2.13. The molecule has 1 unspecified atom stereocenters. The first-order chi connectivity index (χ1) is 11.5. The minimum absolute atomic E-state index is 0.115. The van der Waals surface area contributed by atoms with Gasteiger partial charge >= 0.3 is 0 Å². The number of nitrogens with zero attached hydrogens (tertiary/aromatic N) is 1. The smallest absolute Gasteiger partial charge is 0.253 e. The summed E-state index contributed by atoms with van der Waals surface area (Å²) in [6, 6.07) is 5.95. The highest BCUT2D eigenvalue weighted by Gasteiger charge is 2.21. The number of pyridine rings is 1. The summed E-state index contributed by atoms with van der Waals surface area (Å²) in [4.78, 5) is 16.6. The first-order valence-electron chi connectivity index (χ1n) is 8.14. The molecule has 1 aliphatic carbocycles. The van der Waals surface area contributed by atoms with Gasteiger partial charge in [-0.05, 0) is 43.9 Å². The maximum atomic E-state index is 13.2. The second-order valence-electron chi connectivity index (χ2n) is 6.30. The molecule has 2 N–H and O–H groups in total. The van der Waals surface area contributed by atoms with Crippen molar-refractivity contribution in [2.45, 2.75) is 25.9 Å². The van der Waals surface area contributed by atoms with Crippen LogP contribution in [0.1, 0.15) is 28.9 Å². The fourth-order valence-corrected chi connectivity index (χ4v) is 2.49. The molecule has 3 rings (SSSR count). The molecule has 2 aromatic rings. The predicted molar refractivity (Wildman–Crippen MR) is 88.3 cm³/mol. The fraction of sp³-hybridized carbons (Fsp3) is 0.444. The molecule has 0 bridgehead atoms. The molecule has 0 saturated heterocycles. The summed E-state index contributed by atoms with van der Waals surface area (Å²) < 4.78 is 18.6. The first-order valence-corrected chi connectivity index (χ1v) is 8.14. The molecule has 6 heteroatoms. The number of carbonyl (C=O) groups is 1. The van der Waals surface area contributed by atoms with Gasteiger partial charge in [0.2, 0.25) is 0 Å². The Labute approximate surface area is 139 Å².